The van der Waals surface area contributed by atoms with Crippen molar-refractivity contribution in [2.75, 3.05) is 4.90 Å². The van der Waals surface area contributed by atoms with Gasteiger partial charge in [-0.15, -0.1) is 0 Å². The van der Waals surface area contributed by atoms with Crippen molar-refractivity contribution in [3.8, 4) is 5.75 Å². The molecule has 0 atom stereocenters. The van der Waals surface area contributed by atoms with E-state index in [-0.39, 0.29) is 46.8 Å². The minimum absolute atomic E-state index is 0.0271. The molecule has 0 bridgehead atoms. The maximum atomic E-state index is 15.2. The van der Waals surface area contributed by atoms with Crippen LogP contribution in [-0.2, 0) is 17.9 Å². The normalized spacial score (nSPS) is 17.0. The van der Waals surface area contributed by atoms with Crippen molar-refractivity contribution in [1.29, 1.82) is 0 Å². The summed E-state index contributed by atoms with van der Waals surface area (Å²) in [5, 5.41) is 23.2. The largest absolute Gasteiger partial charge is 0.487 e. The van der Waals surface area contributed by atoms with E-state index >= 15 is 4.39 Å². The molecule has 0 spiro atoms. The second-order valence-electron chi connectivity index (χ2n) is 10.2. The molecule has 1 fully saturated rings. The fraction of sp³-hybridized carbons (Fsp3) is 0.370. The highest BCUT2D eigenvalue weighted by atomic mass is 19.1. The van der Waals surface area contributed by atoms with E-state index in [0.717, 1.165) is 12.1 Å². The second kappa shape index (κ2) is 11.1. The van der Waals surface area contributed by atoms with Crippen molar-refractivity contribution < 1.29 is 42.4 Å². The van der Waals surface area contributed by atoms with Gasteiger partial charge in [0.1, 0.15) is 29.2 Å². The number of carbonyl (C=O) groups is 2. The Morgan fingerprint density at radius 3 is 2.44 bits per heavy atom. The number of aliphatic hydroxyl groups is 1. The van der Waals surface area contributed by atoms with Gasteiger partial charge in [0, 0.05) is 35.8 Å². The van der Waals surface area contributed by atoms with Gasteiger partial charge >= 0.3 is 12.2 Å². The summed E-state index contributed by atoms with van der Waals surface area (Å²) >= 11 is 0. The minimum atomic E-state index is -1.63. The molecule has 3 aromatic rings. The molecule has 0 saturated heterocycles. The molecule has 39 heavy (non-hydrogen) atoms. The van der Waals surface area contributed by atoms with Crippen molar-refractivity contribution in [3.63, 3.8) is 0 Å². The van der Waals surface area contributed by atoms with Crippen molar-refractivity contribution in [2.45, 2.75) is 64.5 Å². The summed E-state index contributed by atoms with van der Waals surface area (Å²) in [6.07, 6.45) is -0.864. The van der Waals surface area contributed by atoms with E-state index in [9.17, 15) is 28.6 Å². The summed E-state index contributed by atoms with van der Waals surface area (Å²) < 4.78 is 52.9. The summed E-state index contributed by atoms with van der Waals surface area (Å²) in [5.74, 6) is -2.49. The van der Waals surface area contributed by atoms with E-state index in [1.165, 1.54) is 24.4 Å². The molecule has 1 saturated carbocycles. The van der Waals surface area contributed by atoms with Crippen LogP contribution in [0.15, 0.2) is 36.5 Å². The fourth-order valence-corrected chi connectivity index (χ4v) is 4.23. The molecule has 1 aromatic heterocycles. The van der Waals surface area contributed by atoms with Crippen LogP contribution in [0.2, 0.25) is 0 Å². The lowest BCUT2D eigenvalue weighted by Crippen LogP contribution is -2.46. The summed E-state index contributed by atoms with van der Waals surface area (Å²) in [6, 6.07) is 5.41. The molecule has 4 rings (SSSR count). The maximum Gasteiger partial charge on any atom is 0.425 e. The number of imide groups is 1. The number of halogens is 3. The number of hydrogen-bond acceptors (Lipinski definition) is 7. The van der Waals surface area contributed by atoms with E-state index in [1.807, 2.05) is 0 Å². The topological polar surface area (TPSA) is 121 Å². The number of carbonyl (C=O) groups excluding carboxylic acids is 1. The van der Waals surface area contributed by atoms with Crippen LogP contribution < -0.4 is 15.0 Å². The summed E-state index contributed by atoms with van der Waals surface area (Å²) in [7, 11) is 0. The van der Waals surface area contributed by atoms with Crippen LogP contribution in [0, 0.1) is 17.5 Å². The van der Waals surface area contributed by atoms with Crippen molar-refractivity contribution in [2.24, 2.45) is 0 Å². The number of aliphatic hydroxyl groups excluding tert-OH is 1. The molecule has 12 heteroatoms. The van der Waals surface area contributed by atoms with Crippen LogP contribution in [0.5, 0.6) is 5.75 Å². The Bertz CT molecular complexity index is 1410. The number of amides is 2. The molecule has 2 amide bonds. The van der Waals surface area contributed by atoms with Gasteiger partial charge in [0.25, 0.3) is 0 Å². The molecule has 208 valence electrons. The number of carboxylic acid groups (broad SMARTS) is 1. The number of ether oxygens (including phenoxy) is 2. The third-order valence-electron chi connectivity index (χ3n) is 6.17. The second-order valence-corrected chi connectivity index (χ2v) is 10.2. The van der Waals surface area contributed by atoms with Crippen LogP contribution in [-0.4, -0.2) is 45.1 Å². The van der Waals surface area contributed by atoms with Gasteiger partial charge in [-0.05, 0) is 68.8 Å². The summed E-state index contributed by atoms with van der Waals surface area (Å²) in [6.45, 7) is 4.28. The fourth-order valence-electron chi connectivity index (χ4n) is 4.23. The Morgan fingerprint density at radius 1 is 1.10 bits per heavy atom. The van der Waals surface area contributed by atoms with E-state index < -0.39 is 41.8 Å². The lowest BCUT2D eigenvalue weighted by Gasteiger charge is -2.36. The Morgan fingerprint density at radius 2 is 1.82 bits per heavy atom. The van der Waals surface area contributed by atoms with Gasteiger partial charge in [0.05, 0.1) is 6.61 Å². The number of hydrogen-bond donors (Lipinski definition) is 3. The molecule has 1 aliphatic rings. The average Bonchev–Trinajstić information content (AvgIpc) is 2.81. The minimum Gasteiger partial charge on any atom is -0.487 e. The molecule has 1 aliphatic carbocycles. The monoisotopic (exact) mass is 547 g/mol. The van der Waals surface area contributed by atoms with Crippen LogP contribution in [0.25, 0.3) is 10.8 Å². The maximum absolute atomic E-state index is 15.2. The van der Waals surface area contributed by atoms with Crippen molar-refractivity contribution in [1.82, 2.24) is 10.3 Å². The third kappa shape index (κ3) is 6.40. The number of anilines is 1. The van der Waals surface area contributed by atoms with Crippen molar-refractivity contribution >= 4 is 28.8 Å². The number of pyridine rings is 1. The van der Waals surface area contributed by atoms with Gasteiger partial charge in [-0.25, -0.2) is 27.7 Å². The predicted molar refractivity (Wildman–Crippen MR) is 135 cm³/mol. The van der Waals surface area contributed by atoms with Gasteiger partial charge < -0.3 is 25.0 Å². The quantitative estimate of drug-likeness (QED) is 0.366. The van der Waals surface area contributed by atoms with Gasteiger partial charge in [-0.3, -0.25) is 0 Å². The van der Waals surface area contributed by atoms with Gasteiger partial charge in [-0.2, -0.15) is 4.90 Å². The van der Waals surface area contributed by atoms with Crippen molar-refractivity contribution in [3.05, 3.63) is 65.1 Å². The number of nitrogens with zero attached hydrogens (tertiary/aromatic N) is 2. The average molecular weight is 548 g/mol. The molecule has 0 unspecified atom stereocenters. The standard InChI is InChI=1S/C27H28F3N3O6/c1-27(2,3)39-26(37)33(25(35)36)24-10-18-19(11-32-24)14(13-34)6-21(29)20(18)12-31-16-8-17(9-16)38-23-5-4-15(28)7-22(23)30/h4-7,10-11,16-17,31,34H,8-9,12-13H2,1-3H3,(H,35,36). The lowest BCUT2D eigenvalue weighted by atomic mass is 9.88. The predicted octanol–water partition coefficient (Wildman–Crippen LogP) is 5.26. The van der Waals surface area contributed by atoms with E-state index in [1.54, 1.807) is 20.8 Å². The van der Waals surface area contributed by atoms with Crippen LogP contribution >= 0.6 is 0 Å². The van der Waals surface area contributed by atoms with E-state index in [0.29, 0.717) is 23.1 Å². The lowest BCUT2D eigenvalue weighted by molar-refractivity contribution is 0.0581. The highest BCUT2D eigenvalue weighted by molar-refractivity contribution is 6.09. The molecule has 9 nitrogen and oxygen atoms in total. The van der Waals surface area contributed by atoms with Gasteiger partial charge in [-0.1, -0.05) is 0 Å². The smallest absolute Gasteiger partial charge is 0.425 e. The summed E-state index contributed by atoms with van der Waals surface area (Å²) in [5.41, 5.74) is -0.558. The first-order valence-electron chi connectivity index (χ1n) is 12.2. The highest BCUT2D eigenvalue weighted by Gasteiger charge is 2.32. The van der Waals surface area contributed by atoms with E-state index in [2.05, 4.69) is 10.3 Å². The first kappa shape index (κ1) is 28.1. The molecule has 2 aromatic carbocycles. The summed E-state index contributed by atoms with van der Waals surface area (Å²) in [4.78, 5) is 28.9. The molecular weight excluding hydrogens is 519 g/mol. The number of aromatic nitrogens is 1. The molecule has 3 N–H and O–H groups in total. The first-order valence-corrected chi connectivity index (χ1v) is 12.2. The van der Waals surface area contributed by atoms with Crippen LogP contribution in [0.3, 0.4) is 0 Å². The zero-order valence-corrected chi connectivity index (χ0v) is 21.5. The van der Waals surface area contributed by atoms with Gasteiger partial charge in [0.15, 0.2) is 11.6 Å². The number of benzene rings is 2. The SMILES string of the molecule is CC(C)(C)OC(=O)N(C(=O)O)c1cc2c(CNC3CC(Oc4ccc(F)cc4F)C3)c(F)cc(CO)c2cn1. The number of rotatable bonds is 7. The van der Waals surface area contributed by atoms with Crippen LogP contribution in [0.1, 0.15) is 44.7 Å². The van der Waals surface area contributed by atoms with Crippen LogP contribution in [0.4, 0.5) is 28.6 Å². The highest BCUT2D eigenvalue weighted by Crippen LogP contribution is 2.31. The molecule has 0 aliphatic heterocycles. The van der Waals surface area contributed by atoms with Gasteiger partial charge in [0.2, 0.25) is 0 Å². The molecule has 0 radical (unpaired) electrons. The zero-order chi connectivity index (χ0) is 28.5. The van der Waals surface area contributed by atoms with E-state index in [4.69, 9.17) is 9.47 Å². The molecular formula is C27H28F3N3O6. The molecule has 1 heterocycles. The number of fused-ring (bicyclic) bond motifs is 1. The third-order valence-corrected chi connectivity index (χ3v) is 6.17. The Balaban J connectivity index is 1.54. The zero-order valence-electron chi connectivity index (χ0n) is 21.5. The Kier molecular flexibility index (Phi) is 7.98. The number of nitrogens with one attached hydrogen (secondary N) is 1. The first-order chi connectivity index (χ1) is 18.4. The Labute approximate surface area is 222 Å². The Hall–Kier alpha value is -3.90.